The van der Waals surface area contributed by atoms with Gasteiger partial charge in [0.1, 0.15) is 0 Å². The minimum atomic E-state index is -3.64. The topological polar surface area (TPSA) is 79.4 Å². The van der Waals surface area contributed by atoms with Gasteiger partial charge >= 0.3 is 0 Å². The van der Waals surface area contributed by atoms with Crippen molar-refractivity contribution in [2.75, 3.05) is 13.1 Å². The van der Waals surface area contributed by atoms with Gasteiger partial charge in [-0.05, 0) is 37.1 Å². The van der Waals surface area contributed by atoms with Crippen LogP contribution in [0.25, 0.3) is 0 Å². The van der Waals surface area contributed by atoms with E-state index in [9.17, 15) is 13.2 Å². The lowest BCUT2D eigenvalue weighted by molar-refractivity contribution is -0.126. The molecule has 1 aliphatic heterocycles. The van der Waals surface area contributed by atoms with E-state index in [0.29, 0.717) is 41.5 Å². The molecule has 1 amide bonds. The summed E-state index contributed by atoms with van der Waals surface area (Å²) in [6.45, 7) is 0.852. The van der Waals surface area contributed by atoms with Crippen molar-refractivity contribution in [2.24, 2.45) is 5.92 Å². The van der Waals surface area contributed by atoms with Gasteiger partial charge in [-0.1, -0.05) is 35.3 Å². The molecule has 1 aromatic carbocycles. The van der Waals surface area contributed by atoms with Gasteiger partial charge in [-0.2, -0.15) is 0 Å². The molecule has 1 aliphatic rings. The van der Waals surface area contributed by atoms with Crippen molar-refractivity contribution in [1.29, 1.82) is 0 Å². The lowest BCUT2D eigenvalue weighted by atomic mass is 9.99. The Balaban J connectivity index is 1.64. The van der Waals surface area contributed by atoms with Gasteiger partial charge in [0.05, 0.1) is 23.9 Å². The average Bonchev–Trinajstić information content (AvgIpc) is 2.70. The first-order chi connectivity index (χ1) is 13.4. The number of nitrogens with one attached hydrogen (secondary N) is 1. The molecule has 28 heavy (non-hydrogen) atoms. The van der Waals surface area contributed by atoms with Gasteiger partial charge in [-0.3, -0.25) is 9.78 Å². The zero-order valence-electron chi connectivity index (χ0n) is 15.1. The molecule has 2 heterocycles. The number of hydrogen-bond donors (Lipinski definition) is 1. The maximum atomic E-state index is 12.9. The minimum Gasteiger partial charge on any atom is -0.350 e. The summed E-state index contributed by atoms with van der Waals surface area (Å²) in [5.41, 5.74) is 1.14. The monoisotopic (exact) mass is 441 g/mol. The Morgan fingerprint density at radius 2 is 1.93 bits per heavy atom. The number of benzene rings is 1. The number of hydrogen-bond acceptors (Lipinski definition) is 4. The van der Waals surface area contributed by atoms with Gasteiger partial charge in [-0.15, -0.1) is 0 Å². The maximum absolute atomic E-state index is 12.9. The first kappa shape index (κ1) is 21.0. The van der Waals surface area contributed by atoms with Crippen LogP contribution in [0.15, 0.2) is 42.6 Å². The summed E-state index contributed by atoms with van der Waals surface area (Å²) in [4.78, 5) is 16.7. The smallest absolute Gasteiger partial charge is 0.224 e. The van der Waals surface area contributed by atoms with Crippen LogP contribution in [0.2, 0.25) is 10.0 Å². The first-order valence-corrected chi connectivity index (χ1v) is 11.3. The molecule has 0 saturated carbocycles. The van der Waals surface area contributed by atoms with Crippen LogP contribution in [-0.4, -0.2) is 36.7 Å². The second-order valence-electron chi connectivity index (χ2n) is 6.69. The van der Waals surface area contributed by atoms with Gasteiger partial charge in [0.25, 0.3) is 0 Å². The summed E-state index contributed by atoms with van der Waals surface area (Å²) in [5, 5.41) is 3.48. The Hall–Kier alpha value is -1.67. The van der Waals surface area contributed by atoms with Gasteiger partial charge in [0.15, 0.2) is 0 Å². The SMILES string of the molecule is O=C(NCc1ccccn1)C1CCCN(S(=O)(=O)Cc2c(Cl)cccc2Cl)C1. The third-order valence-corrected chi connectivity index (χ3v) is 7.19. The van der Waals surface area contributed by atoms with Crippen LogP contribution in [0, 0.1) is 5.92 Å². The largest absolute Gasteiger partial charge is 0.350 e. The number of rotatable bonds is 6. The number of sulfonamides is 1. The van der Waals surface area contributed by atoms with Gasteiger partial charge in [0.2, 0.25) is 15.9 Å². The maximum Gasteiger partial charge on any atom is 0.224 e. The molecule has 0 radical (unpaired) electrons. The molecule has 1 fully saturated rings. The standard InChI is InChI=1S/C19H21Cl2N3O3S/c20-17-7-3-8-18(21)16(17)13-28(26,27)24-10-4-5-14(12-24)19(25)23-11-15-6-1-2-9-22-15/h1-3,6-9,14H,4-5,10-13H2,(H,23,25). The van der Waals surface area contributed by atoms with Gasteiger partial charge in [0, 0.05) is 34.9 Å². The lowest BCUT2D eigenvalue weighted by Gasteiger charge is -2.31. The molecule has 0 bridgehead atoms. The number of nitrogens with zero attached hydrogens (tertiary/aromatic N) is 2. The predicted molar refractivity (Wildman–Crippen MR) is 109 cm³/mol. The van der Waals surface area contributed by atoms with Crippen LogP contribution in [0.3, 0.4) is 0 Å². The minimum absolute atomic E-state index is 0.151. The van der Waals surface area contributed by atoms with Crippen LogP contribution in [0.5, 0.6) is 0 Å². The molecular formula is C19H21Cl2N3O3S. The second kappa shape index (κ2) is 9.22. The molecule has 3 rings (SSSR count). The summed E-state index contributed by atoms with van der Waals surface area (Å²) < 4.78 is 27.1. The zero-order chi connectivity index (χ0) is 20.1. The van der Waals surface area contributed by atoms with E-state index in [1.165, 1.54) is 4.31 Å². The molecular weight excluding hydrogens is 421 g/mol. The van der Waals surface area contributed by atoms with E-state index in [0.717, 1.165) is 5.69 Å². The molecule has 2 aromatic rings. The molecule has 0 aliphatic carbocycles. The highest BCUT2D eigenvalue weighted by molar-refractivity contribution is 7.88. The van der Waals surface area contributed by atoms with E-state index in [1.807, 2.05) is 12.1 Å². The fourth-order valence-electron chi connectivity index (χ4n) is 3.18. The van der Waals surface area contributed by atoms with Gasteiger partial charge < -0.3 is 5.32 Å². The molecule has 0 spiro atoms. The molecule has 1 aromatic heterocycles. The van der Waals surface area contributed by atoms with E-state index in [4.69, 9.17) is 23.2 Å². The van der Waals surface area contributed by atoms with E-state index in [-0.39, 0.29) is 18.2 Å². The highest BCUT2D eigenvalue weighted by Crippen LogP contribution is 2.29. The van der Waals surface area contributed by atoms with E-state index in [1.54, 1.807) is 30.5 Å². The Morgan fingerprint density at radius 3 is 2.61 bits per heavy atom. The quantitative estimate of drug-likeness (QED) is 0.745. The van der Waals surface area contributed by atoms with E-state index in [2.05, 4.69) is 10.3 Å². The van der Waals surface area contributed by atoms with Crippen LogP contribution in [0.1, 0.15) is 24.1 Å². The van der Waals surface area contributed by atoms with E-state index < -0.39 is 15.9 Å². The zero-order valence-corrected chi connectivity index (χ0v) is 17.5. The van der Waals surface area contributed by atoms with Crippen LogP contribution < -0.4 is 5.32 Å². The number of carbonyl (C=O) groups is 1. The molecule has 9 heteroatoms. The number of amides is 1. The normalized spacial score (nSPS) is 18.0. The fourth-order valence-corrected chi connectivity index (χ4v) is 5.54. The Kier molecular flexibility index (Phi) is 6.93. The summed E-state index contributed by atoms with van der Waals surface area (Å²) in [5.74, 6) is -0.844. The number of carbonyl (C=O) groups excluding carboxylic acids is 1. The number of aromatic nitrogens is 1. The highest BCUT2D eigenvalue weighted by atomic mass is 35.5. The van der Waals surface area contributed by atoms with Gasteiger partial charge in [-0.25, -0.2) is 12.7 Å². The van der Waals surface area contributed by atoms with Crippen molar-refractivity contribution in [1.82, 2.24) is 14.6 Å². The summed E-state index contributed by atoms with van der Waals surface area (Å²) in [6.07, 6.45) is 2.93. The molecule has 1 unspecified atom stereocenters. The van der Waals surface area contributed by atoms with Crippen molar-refractivity contribution in [3.63, 3.8) is 0 Å². The van der Waals surface area contributed by atoms with Crippen molar-refractivity contribution in [2.45, 2.75) is 25.1 Å². The van der Waals surface area contributed by atoms with Crippen molar-refractivity contribution < 1.29 is 13.2 Å². The lowest BCUT2D eigenvalue weighted by Crippen LogP contribution is -2.45. The highest BCUT2D eigenvalue weighted by Gasteiger charge is 2.33. The third kappa shape index (κ3) is 5.23. The second-order valence-corrected chi connectivity index (χ2v) is 9.48. The van der Waals surface area contributed by atoms with Crippen LogP contribution in [0.4, 0.5) is 0 Å². The van der Waals surface area contributed by atoms with Crippen molar-refractivity contribution in [3.05, 3.63) is 63.9 Å². The summed E-state index contributed by atoms with van der Waals surface area (Å²) >= 11 is 12.2. The Labute approximate surface area is 174 Å². The van der Waals surface area contributed by atoms with E-state index >= 15 is 0 Å². The molecule has 1 N–H and O–H groups in total. The number of halogens is 2. The molecule has 1 saturated heterocycles. The summed E-state index contributed by atoms with van der Waals surface area (Å²) in [6, 6.07) is 10.4. The molecule has 1 atom stereocenters. The predicted octanol–water partition coefficient (Wildman–Crippen LogP) is 3.25. The first-order valence-electron chi connectivity index (χ1n) is 8.95. The number of pyridine rings is 1. The average molecular weight is 442 g/mol. The molecule has 150 valence electrons. The summed E-state index contributed by atoms with van der Waals surface area (Å²) in [7, 11) is -3.64. The molecule has 6 nitrogen and oxygen atoms in total. The van der Waals surface area contributed by atoms with Crippen molar-refractivity contribution in [3.8, 4) is 0 Å². The van der Waals surface area contributed by atoms with Crippen LogP contribution in [-0.2, 0) is 27.1 Å². The Morgan fingerprint density at radius 1 is 1.18 bits per heavy atom. The van der Waals surface area contributed by atoms with Crippen LogP contribution >= 0.6 is 23.2 Å². The number of piperidine rings is 1. The fraction of sp³-hybridized carbons (Fsp3) is 0.368. The third-order valence-electron chi connectivity index (χ3n) is 4.71. The Bertz CT molecular complexity index is 918. The van der Waals surface area contributed by atoms with Crippen molar-refractivity contribution >= 4 is 39.1 Å².